The van der Waals surface area contributed by atoms with Crippen molar-refractivity contribution in [1.82, 2.24) is 0 Å². The lowest BCUT2D eigenvalue weighted by Gasteiger charge is -2.35. The number of rotatable bonds is 11. The molecule has 0 heterocycles. The Hall–Kier alpha value is -9.45. The average molecular weight is 1020 g/mol. The van der Waals surface area contributed by atoms with Crippen LogP contribution in [-0.2, 0) is 0 Å². The van der Waals surface area contributed by atoms with Gasteiger partial charge < -0.3 is 0 Å². The van der Waals surface area contributed by atoms with Gasteiger partial charge in [0, 0.05) is 0 Å². The Labute approximate surface area is 458 Å². The Bertz CT molecular complexity index is 4060. The summed E-state index contributed by atoms with van der Waals surface area (Å²) in [5.74, 6) is 0. The summed E-state index contributed by atoms with van der Waals surface area (Å²) in [6, 6.07) is 124. The van der Waals surface area contributed by atoms with Crippen LogP contribution in [0.5, 0.6) is 0 Å². The minimum atomic E-state index is -2.98. The fourth-order valence-electron chi connectivity index (χ4n) is 13.1. The average Bonchev–Trinajstić information content (AvgIpc) is 3.58. The first kappa shape index (κ1) is 47.0. The number of hydrogen-bond donors (Lipinski definition) is 0. The van der Waals surface area contributed by atoms with Gasteiger partial charge in [0.25, 0.3) is 0 Å². The SMILES string of the molecule is c1ccc([Si](c2ccccc2)(c2ccccc2)c2ccc3c(-c4ccc(-c5cccc6ccccc56)cc4)c4ccc([Si](c5ccccc5)(c5ccccc5)c5ccccc5)cc4c(-c4ccc5ccccc5c4)c3c2)cc1. The summed E-state index contributed by atoms with van der Waals surface area (Å²) in [5.41, 5.74) is 7.33. The first-order chi connectivity index (χ1) is 38.7. The van der Waals surface area contributed by atoms with Crippen LogP contribution in [0.4, 0.5) is 0 Å². The summed E-state index contributed by atoms with van der Waals surface area (Å²) in [6.45, 7) is 0. The van der Waals surface area contributed by atoms with Gasteiger partial charge in [-0.25, -0.2) is 0 Å². The molecule has 0 spiro atoms. The lowest BCUT2D eigenvalue weighted by Crippen LogP contribution is -2.74. The maximum atomic E-state index is 2.62. The minimum absolute atomic E-state index is 1.19. The topological polar surface area (TPSA) is 0 Å². The largest absolute Gasteiger partial charge is 0.179 e. The fourth-order valence-corrected chi connectivity index (χ4v) is 22.6. The Balaban J connectivity index is 1.15. The van der Waals surface area contributed by atoms with Crippen molar-refractivity contribution in [1.29, 1.82) is 0 Å². The van der Waals surface area contributed by atoms with Crippen molar-refractivity contribution in [2.45, 2.75) is 0 Å². The van der Waals surface area contributed by atoms with E-state index >= 15 is 0 Å². The number of benzene rings is 14. The van der Waals surface area contributed by atoms with Crippen LogP contribution in [-0.4, -0.2) is 16.1 Å². The standard InChI is InChI=1S/C76H54Si2/c1-7-28-61(29-8-1)77(62-30-9-2-10-31-62,63-32-11-3-12-33-63)67-48-50-71-73(53-67)76(60-47-42-55-24-19-20-26-59(55)52-60)74-54-68(78(64-34-13-4-14-35-64,65-36-15-5-16-37-65)66-38-17-6-18-39-66)49-51-72(74)75(71)58-45-43-57(44-46-58)70-41-23-27-56-25-21-22-40-69(56)70/h1-54H. The summed E-state index contributed by atoms with van der Waals surface area (Å²) in [5, 5.41) is 20.7. The fraction of sp³-hybridized carbons (Fsp3) is 0. The van der Waals surface area contributed by atoms with Gasteiger partial charge in [0.1, 0.15) is 0 Å². The molecule has 0 bridgehead atoms. The summed E-state index contributed by atoms with van der Waals surface area (Å²) in [4.78, 5) is 0. The van der Waals surface area contributed by atoms with Crippen LogP contribution in [0.2, 0.25) is 0 Å². The van der Waals surface area contributed by atoms with E-state index in [9.17, 15) is 0 Å². The molecule has 0 N–H and O–H groups in total. The van der Waals surface area contributed by atoms with Gasteiger partial charge in [-0.15, -0.1) is 0 Å². The zero-order chi connectivity index (χ0) is 51.9. The Morgan fingerprint density at radius 1 is 0.167 bits per heavy atom. The van der Waals surface area contributed by atoms with E-state index in [0.717, 1.165) is 0 Å². The van der Waals surface area contributed by atoms with Crippen molar-refractivity contribution in [3.8, 4) is 33.4 Å². The maximum Gasteiger partial charge on any atom is 0.179 e. The molecule has 0 nitrogen and oxygen atoms in total. The molecule has 0 fully saturated rings. The zero-order valence-electron chi connectivity index (χ0n) is 43.2. The highest BCUT2D eigenvalue weighted by atomic mass is 28.3. The highest BCUT2D eigenvalue weighted by Gasteiger charge is 2.43. The number of hydrogen-bond acceptors (Lipinski definition) is 0. The van der Waals surface area contributed by atoms with E-state index in [1.165, 1.54) is 118 Å². The van der Waals surface area contributed by atoms with Gasteiger partial charge in [-0.05, 0) is 124 Å². The third-order valence-electron chi connectivity index (χ3n) is 16.5. The van der Waals surface area contributed by atoms with Gasteiger partial charge in [-0.3, -0.25) is 0 Å². The van der Waals surface area contributed by atoms with E-state index in [0.29, 0.717) is 0 Å². The first-order valence-corrected chi connectivity index (χ1v) is 31.1. The van der Waals surface area contributed by atoms with Crippen molar-refractivity contribution in [3.63, 3.8) is 0 Å². The van der Waals surface area contributed by atoms with Gasteiger partial charge in [-0.1, -0.05) is 322 Å². The molecular weight excluding hydrogens is 969 g/mol. The van der Waals surface area contributed by atoms with Gasteiger partial charge in [0.05, 0.1) is 0 Å². The van der Waals surface area contributed by atoms with E-state index in [-0.39, 0.29) is 0 Å². The summed E-state index contributed by atoms with van der Waals surface area (Å²) >= 11 is 0. The van der Waals surface area contributed by atoms with Crippen LogP contribution in [0.1, 0.15) is 0 Å². The number of fused-ring (bicyclic) bond motifs is 4. The molecule has 0 aliphatic carbocycles. The van der Waals surface area contributed by atoms with Crippen molar-refractivity contribution < 1.29 is 0 Å². The molecule has 0 unspecified atom stereocenters. The summed E-state index contributed by atoms with van der Waals surface area (Å²) in [6.07, 6.45) is 0. The van der Waals surface area contributed by atoms with Gasteiger partial charge >= 0.3 is 0 Å². The van der Waals surface area contributed by atoms with Crippen LogP contribution in [0.25, 0.3) is 76.5 Å². The predicted octanol–water partition coefficient (Wildman–Crippen LogP) is 14.1. The van der Waals surface area contributed by atoms with Crippen molar-refractivity contribution in [3.05, 3.63) is 328 Å². The van der Waals surface area contributed by atoms with Crippen LogP contribution in [0.3, 0.4) is 0 Å². The molecule has 0 aliphatic heterocycles. The molecule has 14 aromatic carbocycles. The second-order valence-electron chi connectivity index (χ2n) is 20.6. The van der Waals surface area contributed by atoms with Crippen molar-refractivity contribution >= 4 is 101 Å². The van der Waals surface area contributed by atoms with E-state index in [4.69, 9.17) is 0 Å². The molecular formula is C76H54Si2. The molecule has 14 aromatic rings. The Morgan fingerprint density at radius 2 is 0.513 bits per heavy atom. The van der Waals surface area contributed by atoms with E-state index < -0.39 is 16.1 Å². The highest BCUT2D eigenvalue weighted by Crippen LogP contribution is 2.45. The van der Waals surface area contributed by atoms with Crippen LogP contribution in [0, 0.1) is 0 Å². The minimum Gasteiger partial charge on any atom is -0.0623 e. The monoisotopic (exact) mass is 1020 g/mol. The van der Waals surface area contributed by atoms with Crippen LogP contribution >= 0.6 is 0 Å². The van der Waals surface area contributed by atoms with Crippen molar-refractivity contribution in [2.75, 3.05) is 0 Å². The maximum absolute atomic E-state index is 2.98. The molecule has 0 saturated carbocycles. The highest BCUT2D eigenvalue weighted by molar-refractivity contribution is 7.20. The molecule has 0 aromatic heterocycles. The Kier molecular flexibility index (Phi) is 12.0. The van der Waals surface area contributed by atoms with E-state index in [1.807, 2.05) is 0 Å². The molecule has 0 saturated heterocycles. The lowest BCUT2D eigenvalue weighted by molar-refractivity contribution is 1.63. The quantitative estimate of drug-likeness (QED) is 0.0688. The van der Waals surface area contributed by atoms with E-state index in [1.54, 1.807) is 0 Å². The zero-order valence-corrected chi connectivity index (χ0v) is 45.2. The molecule has 2 heteroatoms. The molecule has 0 amide bonds. The molecule has 78 heavy (non-hydrogen) atoms. The third kappa shape index (κ3) is 7.79. The third-order valence-corrected chi connectivity index (χ3v) is 26.1. The molecule has 366 valence electrons. The van der Waals surface area contributed by atoms with Crippen LogP contribution < -0.4 is 41.5 Å². The predicted molar refractivity (Wildman–Crippen MR) is 340 cm³/mol. The Morgan fingerprint density at radius 3 is 0.962 bits per heavy atom. The van der Waals surface area contributed by atoms with Crippen LogP contribution in [0.15, 0.2) is 328 Å². The second-order valence-corrected chi connectivity index (χ2v) is 28.3. The summed E-state index contributed by atoms with van der Waals surface area (Å²) in [7, 11) is -5.97. The smallest absolute Gasteiger partial charge is 0.0623 e. The van der Waals surface area contributed by atoms with Crippen molar-refractivity contribution in [2.24, 2.45) is 0 Å². The lowest BCUT2D eigenvalue weighted by atomic mass is 9.85. The normalized spacial score (nSPS) is 11.8. The molecule has 0 atom stereocenters. The van der Waals surface area contributed by atoms with Gasteiger partial charge in [0.2, 0.25) is 0 Å². The van der Waals surface area contributed by atoms with Gasteiger partial charge in [0.15, 0.2) is 16.1 Å². The molecule has 0 aliphatic rings. The second kappa shape index (κ2) is 19.9. The first-order valence-electron chi connectivity index (χ1n) is 27.1. The molecule has 14 rings (SSSR count). The summed E-state index contributed by atoms with van der Waals surface area (Å²) < 4.78 is 0. The van der Waals surface area contributed by atoms with Gasteiger partial charge in [-0.2, -0.15) is 0 Å². The molecule has 0 radical (unpaired) electrons. The van der Waals surface area contributed by atoms with E-state index in [2.05, 4.69) is 328 Å².